The Morgan fingerprint density at radius 3 is 2.33 bits per heavy atom. The largest absolute Gasteiger partial charge is 0.612 e. The molecule has 0 aliphatic rings. The minimum Gasteiger partial charge on any atom is -0.612 e. The molecule has 0 amide bonds. The van der Waals surface area contributed by atoms with Gasteiger partial charge in [0.2, 0.25) is 0 Å². The van der Waals surface area contributed by atoms with Crippen LogP contribution in [0.3, 0.4) is 0 Å². The zero-order chi connectivity index (χ0) is 15.1. The third-order valence-electron chi connectivity index (χ3n) is 3.43. The summed E-state index contributed by atoms with van der Waals surface area (Å²) in [5.74, 6) is 0.886. The fourth-order valence-electron chi connectivity index (χ4n) is 2.37. The molecular weight excluding hydrogens is 288 g/mol. The standard InChI is InChI=1S/C16H14O4S/c1-9-13-7-12(18)8-14(21(2)19)16(13)20-15(9)10-3-5-11(17)6-4-10/h3-8,17-18H,1-2H3. The summed E-state index contributed by atoms with van der Waals surface area (Å²) in [6, 6.07) is 9.73. The number of phenols is 2. The second kappa shape index (κ2) is 5.02. The normalized spacial score (nSPS) is 12.7. The van der Waals surface area contributed by atoms with E-state index in [4.69, 9.17) is 4.42 Å². The van der Waals surface area contributed by atoms with Gasteiger partial charge in [-0.15, -0.1) is 0 Å². The molecule has 5 heteroatoms. The number of rotatable bonds is 2. The highest BCUT2D eigenvalue weighted by molar-refractivity contribution is 7.91. The summed E-state index contributed by atoms with van der Waals surface area (Å²) in [5, 5.41) is 19.9. The third kappa shape index (κ3) is 2.34. The van der Waals surface area contributed by atoms with Gasteiger partial charge in [-0.1, -0.05) is 0 Å². The minimum atomic E-state index is -1.26. The van der Waals surface area contributed by atoms with E-state index >= 15 is 0 Å². The molecule has 1 heterocycles. The fourth-order valence-corrected chi connectivity index (χ4v) is 3.07. The maximum absolute atomic E-state index is 11.8. The Hall–Kier alpha value is -2.11. The highest BCUT2D eigenvalue weighted by atomic mass is 32.2. The Morgan fingerprint density at radius 1 is 1.05 bits per heavy atom. The lowest BCUT2D eigenvalue weighted by Gasteiger charge is -2.05. The quantitative estimate of drug-likeness (QED) is 0.710. The van der Waals surface area contributed by atoms with Crippen molar-refractivity contribution in [1.29, 1.82) is 0 Å². The topological polar surface area (TPSA) is 76.7 Å². The van der Waals surface area contributed by atoms with Crippen molar-refractivity contribution in [2.45, 2.75) is 11.8 Å². The van der Waals surface area contributed by atoms with Crippen LogP contribution in [0.25, 0.3) is 22.3 Å². The molecule has 0 fully saturated rings. The van der Waals surface area contributed by atoms with Crippen LogP contribution in [0.1, 0.15) is 5.56 Å². The zero-order valence-electron chi connectivity index (χ0n) is 11.6. The minimum absolute atomic E-state index is 0.0638. The number of furan rings is 1. The average molecular weight is 302 g/mol. The Morgan fingerprint density at radius 2 is 1.71 bits per heavy atom. The summed E-state index contributed by atoms with van der Waals surface area (Å²) < 4.78 is 17.7. The van der Waals surface area contributed by atoms with Crippen LogP contribution in [0.5, 0.6) is 11.5 Å². The van der Waals surface area contributed by atoms with Gasteiger partial charge in [-0.05, 0) is 48.4 Å². The number of hydrogen-bond acceptors (Lipinski definition) is 4. The highest BCUT2D eigenvalue weighted by Crippen LogP contribution is 2.38. The molecule has 1 aromatic heterocycles. The number of phenolic OH excluding ortho intramolecular Hbond substituents is 2. The Kier molecular flexibility index (Phi) is 3.31. The van der Waals surface area contributed by atoms with Crippen LogP contribution in [0, 0.1) is 6.92 Å². The van der Waals surface area contributed by atoms with E-state index < -0.39 is 11.2 Å². The average Bonchev–Trinajstić information content (AvgIpc) is 2.76. The molecule has 21 heavy (non-hydrogen) atoms. The second-order valence-corrected chi connectivity index (χ2v) is 6.23. The fraction of sp³-hybridized carbons (Fsp3) is 0.125. The first-order chi connectivity index (χ1) is 9.97. The van der Waals surface area contributed by atoms with Crippen molar-refractivity contribution in [1.82, 2.24) is 0 Å². The van der Waals surface area contributed by atoms with Gasteiger partial charge in [-0.25, -0.2) is 0 Å². The van der Waals surface area contributed by atoms with Crippen LogP contribution in [-0.4, -0.2) is 21.0 Å². The molecule has 2 N–H and O–H groups in total. The summed E-state index contributed by atoms with van der Waals surface area (Å²) in [5.41, 5.74) is 2.20. The van der Waals surface area contributed by atoms with Crippen molar-refractivity contribution < 1.29 is 19.2 Å². The van der Waals surface area contributed by atoms with E-state index in [0.717, 1.165) is 16.5 Å². The lowest BCUT2D eigenvalue weighted by Crippen LogP contribution is -1.97. The van der Waals surface area contributed by atoms with E-state index in [1.54, 1.807) is 36.6 Å². The van der Waals surface area contributed by atoms with Crippen LogP contribution in [0.15, 0.2) is 45.7 Å². The van der Waals surface area contributed by atoms with Crippen molar-refractivity contribution in [3.8, 4) is 22.8 Å². The number of aryl methyl sites for hydroxylation is 1. The molecule has 108 valence electrons. The van der Waals surface area contributed by atoms with Gasteiger partial charge in [0, 0.05) is 22.6 Å². The Balaban J connectivity index is 2.28. The van der Waals surface area contributed by atoms with E-state index in [1.165, 1.54) is 6.07 Å². The van der Waals surface area contributed by atoms with Crippen LogP contribution in [0.2, 0.25) is 0 Å². The number of aromatic hydroxyl groups is 2. The summed E-state index contributed by atoms with van der Waals surface area (Å²) in [6.45, 7) is 1.88. The van der Waals surface area contributed by atoms with Crippen molar-refractivity contribution in [3.05, 3.63) is 42.0 Å². The summed E-state index contributed by atoms with van der Waals surface area (Å²) in [4.78, 5) is 0.470. The van der Waals surface area contributed by atoms with Gasteiger partial charge in [0.1, 0.15) is 23.5 Å². The number of hydrogen-bond donors (Lipinski definition) is 2. The summed E-state index contributed by atoms with van der Waals surface area (Å²) in [7, 11) is 0. The van der Waals surface area contributed by atoms with Crippen LogP contribution < -0.4 is 0 Å². The predicted octanol–water partition coefficient (Wildman–Crippen LogP) is 3.56. The first kappa shape index (κ1) is 13.9. The molecule has 4 nitrogen and oxygen atoms in total. The number of benzene rings is 2. The van der Waals surface area contributed by atoms with Crippen LogP contribution >= 0.6 is 0 Å². The van der Waals surface area contributed by atoms with Crippen molar-refractivity contribution >= 4 is 22.1 Å². The lowest BCUT2D eigenvalue weighted by atomic mass is 10.1. The molecule has 1 unspecified atom stereocenters. The second-order valence-electron chi connectivity index (χ2n) is 4.88. The maximum Gasteiger partial charge on any atom is 0.199 e. The van der Waals surface area contributed by atoms with Gasteiger partial charge in [0.15, 0.2) is 10.5 Å². The molecule has 0 saturated carbocycles. The van der Waals surface area contributed by atoms with Gasteiger partial charge >= 0.3 is 0 Å². The van der Waals surface area contributed by atoms with Gasteiger partial charge in [-0.3, -0.25) is 0 Å². The first-order valence-electron chi connectivity index (χ1n) is 6.36. The smallest absolute Gasteiger partial charge is 0.199 e. The third-order valence-corrected chi connectivity index (χ3v) is 4.35. The zero-order valence-corrected chi connectivity index (χ0v) is 12.4. The lowest BCUT2D eigenvalue weighted by molar-refractivity contribution is 0.473. The van der Waals surface area contributed by atoms with Gasteiger partial charge in [0.25, 0.3) is 0 Å². The van der Waals surface area contributed by atoms with Crippen LogP contribution in [0.4, 0.5) is 0 Å². The molecule has 2 aromatic carbocycles. The molecule has 0 radical (unpaired) electrons. The molecule has 0 aliphatic heterocycles. The Bertz CT molecular complexity index is 803. The van der Waals surface area contributed by atoms with E-state index in [1.807, 2.05) is 6.92 Å². The predicted molar refractivity (Wildman–Crippen MR) is 82.0 cm³/mol. The van der Waals surface area contributed by atoms with Crippen molar-refractivity contribution in [2.24, 2.45) is 0 Å². The number of fused-ring (bicyclic) bond motifs is 1. The molecule has 0 aliphatic carbocycles. The van der Waals surface area contributed by atoms with Crippen LogP contribution in [-0.2, 0) is 11.2 Å². The van der Waals surface area contributed by atoms with Crippen molar-refractivity contribution in [3.63, 3.8) is 0 Å². The summed E-state index contributed by atoms with van der Waals surface area (Å²) >= 11 is -1.26. The highest BCUT2D eigenvalue weighted by Gasteiger charge is 2.21. The van der Waals surface area contributed by atoms with E-state index in [9.17, 15) is 14.8 Å². The molecule has 0 bridgehead atoms. The van der Waals surface area contributed by atoms with E-state index in [0.29, 0.717) is 16.2 Å². The molecule has 0 saturated heterocycles. The maximum atomic E-state index is 11.8. The first-order valence-corrected chi connectivity index (χ1v) is 7.92. The summed E-state index contributed by atoms with van der Waals surface area (Å²) in [6.07, 6.45) is 1.55. The molecule has 3 aromatic rings. The molecular formula is C16H14O4S. The molecule has 3 rings (SSSR count). The van der Waals surface area contributed by atoms with Crippen molar-refractivity contribution in [2.75, 3.05) is 6.26 Å². The SMILES string of the molecule is Cc1c(-c2ccc(O)cc2)oc2c([S+](C)[O-])cc(O)cc12. The monoisotopic (exact) mass is 302 g/mol. The van der Waals surface area contributed by atoms with E-state index in [2.05, 4.69) is 0 Å². The van der Waals surface area contributed by atoms with Gasteiger partial charge in [0.05, 0.1) is 0 Å². The van der Waals surface area contributed by atoms with Gasteiger partial charge < -0.3 is 19.2 Å². The van der Waals surface area contributed by atoms with E-state index in [-0.39, 0.29) is 11.5 Å². The van der Waals surface area contributed by atoms with Gasteiger partial charge in [-0.2, -0.15) is 0 Å². The molecule has 1 atom stereocenters. The molecule has 0 spiro atoms. The Labute approximate surface area is 124 Å².